The molecule has 0 aliphatic rings. The second-order valence-corrected chi connectivity index (χ2v) is 8.39. The third kappa shape index (κ3) is 8.08. The molecular weight excluding hydrogens is 406 g/mol. The van der Waals surface area contributed by atoms with Gasteiger partial charge in [-0.25, -0.2) is 0 Å². The van der Waals surface area contributed by atoms with Crippen LogP contribution in [0, 0.1) is 5.92 Å². The van der Waals surface area contributed by atoms with Gasteiger partial charge < -0.3 is 18.9 Å². The summed E-state index contributed by atoms with van der Waals surface area (Å²) in [5.74, 6) is 2.89. The summed E-state index contributed by atoms with van der Waals surface area (Å²) in [5.41, 5.74) is 0.381. The molecule has 0 fully saturated rings. The Hall–Kier alpha value is -1.66. The first-order valence-corrected chi connectivity index (χ1v) is 11.4. The third-order valence-electron chi connectivity index (χ3n) is 5.08. The molecule has 0 spiro atoms. The van der Waals surface area contributed by atoms with Crippen LogP contribution in [0.3, 0.4) is 0 Å². The predicted molar refractivity (Wildman–Crippen MR) is 124 cm³/mol. The second-order valence-electron chi connectivity index (χ2n) is 7.11. The minimum absolute atomic E-state index is 0. The van der Waals surface area contributed by atoms with E-state index in [1.807, 2.05) is 24.3 Å². The van der Waals surface area contributed by atoms with Crippen LogP contribution in [0.1, 0.15) is 49.9 Å². The Bertz CT molecular complexity index is 785. The summed E-state index contributed by atoms with van der Waals surface area (Å²) in [5, 5.41) is 0.935. The summed E-state index contributed by atoms with van der Waals surface area (Å²) in [6.45, 7) is 5.16. The van der Waals surface area contributed by atoms with Crippen molar-refractivity contribution in [3.8, 4) is 23.0 Å². The zero-order valence-corrected chi connectivity index (χ0v) is 20.6. The predicted octanol–water partition coefficient (Wildman–Crippen LogP) is 2.46. The number of carbonyl (C=O) groups excluding carboxylic acids is 1. The SMILES string of the molecule is CCCCC(CC)COc1ccc(PC(=O)c2c(OC)cc(OC)cc2OC)cc1.[Li+]. The van der Waals surface area contributed by atoms with Gasteiger partial charge in [0.1, 0.15) is 28.6 Å². The normalized spacial score (nSPS) is 11.6. The molecule has 2 atom stereocenters. The largest absolute Gasteiger partial charge is 1.00 e. The molecule has 0 amide bonds. The van der Waals surface area contributed by atoms with Crippen molar-refractivity contribution in [2.24, 2.45) is 5.92 Å². The van der Waals surface area contributed by atoms with Crippen molar-refractivity contribution in [3.05, 3.63) is 42.0 Å². The van der Waals surface area contributed by atoms with Gasteiger partial charge in [0, 0.05) is 12.1 Å². The van der Waals surface area contributed by atoms with E-state index in [1.165, 1.54) is 33.5 Å². The molecule has 0 saturated heterocycles. The zero-order chi connectivity index (χ0) is 21.9. The number of methoxy groups -OCH3 is 3. The minimum atomic E-state index is -0.0503. The molecule has 0 radical (unpaired) electrons. The van der Waals surface area contributed by atoms with Crippen molar-refractivity contribution in [3.63, 3.8) is 0 Å². The number of ether oxygens (including phenoxy) is 4. The molecular formula is C24H33LiO5P+. The van der Waals surface area contributed by atoms with Crippen LogP contribution in [0.2, 0.25) is 0 Å². The van der Waals surface area contributed by atoms with Crippen LogP contribution >= 0.6 is 8.58 Å². The van der Waals surface area contributed by atoms with Gasteiger partial charge in [0.05, 0.1) is 27.9 Å². The molecule has 0 heterocycles. The van der Waals surface area contributed by atoms with Gasteiger partial charge in [0.25, 0.3) is 0 Å². The van der Waals surface area contributed by atoms with E-state index < -0.39 is 0 Å². The van der Waals surface area contributed by atoms with E-state index >= 15 is 0 Å². The Morgan fingerprint density at radius 3 is 2.03 bits per heavy atom. The maximum atomic E-state index is 13.0. The maximum Gasteiger partial charge on any atom is 1.00 e. The molecule has 164 valence electrons. The van der Waals surface area contributed by atoms with Crippen molar-refractivity contribution in [2.75, 3.05) is 27.9 Å². The number of hydrogen-bond donors (Lipinski definition) is 0. The molecule has 2 rings (SSSR count). The molecule has 7 heteroatoms. The molecule has 0 aromatic heterocycles. The summed E-state index contributed by atoms with van der Waals surface area (Å²) >= 11 is 0. The molecule has 0 bridgehead atoms. The molecule has 2 aromatic rings. The first-order valence-electron chi connectivity index (χ1n) is 10.4. The molecule has 31 heavy (non-hydrogen) atoms. The van der Waals surface area contributed by atoms with E-state index in [9.17, 15) is 4.79 Å². The van der Waals surface area contributed by atoms with Crippen molar-refractivity contribution >= 4 is 19.4 Å². The van der Waals surface area contributed by atoms with E-state index in [4.69, 9.17) is 18.9 Å². The van der Waals surface area contributed by atoms with Gasteiger partial charge in [0.15, 0.2) is 5.52 Å². The minimum Gasteiger partial charge on any atom is -0.496 e. The third-order valence-corrected chi connectivity index (χ3v) is 6.18. The molecule has 0 saturated carbocycles. The van der Waals surface area contributed by atoms with Gasteiger partial charge in [-0.15, -0.1) is 0 Å². The van der Waals surface area contributed by atoms with Crippen molar-refractivity contribution in [2.45, 2.75) is 39.5 Å². The van der Waals surface area contributed by atoms with Gasteiger partial charge in [-0.3, -0.25) is 4.79 Å². The van der Waals surface area contributed by atoms with E-state index in [1.54, 1.807) is 19.2 Å². The Kier molecular flexibility index (Phi) is 12.7. The Morgan fingerprint density at radius 2 is 1.55 bits per heavy atom. The van der Waals surface area contributed by atoms with Crippen molar-refractivity contribution in [1.82, 2.24) is 0 Å². The smallest absolute Gasteiger partial charge is 0.496 e. The van der Waals surface area contributed by atoms with Gasteiger partial charge >= 0.3 is 18.9 Å². The summed E-state index contributed by atoms with van der Waals surface area (Å²) in [4.78, 5) is 13.0. The van der Waals surface area contributed by atoms with Crippen LogP contribution < -0.4 is 43.1 Å². The number of benzene rings is 2. The fourth-order valence-electron chi connectivity index (χ4n) is 3.17. The number of unbranched alkanes of at least 4 members (excludes halogenated alkanes) is 1. The molecule has 5 nitrogen and oxygen atoms in total. The van der Waals surface area contributed by atoms with Crippen LogP contribution in [0.25, 0.3) is 0 Å². The van der Waals surface area contributed by atoms with Crippen LogP contribution in [0.4, 0.5) is 0 Å². The fourth-order valence-corrected chi connectivity index (χ4v) is 4.14. The van der Waals surface area contributed by atoms with E-state index in [0.717, 1.165) is 24.1 Å². The van der Waals surface area contributed by atoms with Crippen LogP contribution in [0.5, 0.6) is 23.0 Å². The fraction of sp³-hybridized carbons (Fsp3) is 0.458. The Labute approximate surface area is 200 Å². The van der Waals surface area contributed by atoms with Crippen LogP contribution in [0.15, 0.2) is 36.4 Å². The van der Waals surface area contributed by atoms with Crippen LogP contribution in [-0.2, 0) is 0 Å². The maximum absolute atomic E-state index is 13.0. The number of hydrogen-bond acceptors (Lipinski definition) is 5. The summed E-state index contributed by atoms with van der Waals surface area (Å²) in [7, 11) is 4.58. The quantitative estimate of drug-likeness (QED) is 0.355. The standard InChI is InChI=1S/C24H33O5P.Li/c1-6-8-9-17(7-2)16-29-18-10-12-20(13-11-18)30-24(25)23-21(27-4)14-19(26-3)15-22(23)28-5;/h10-15,17,30H,6-9,16H2,1-5H3;/q;+1. The van der Waals surface area contributed by atoms with Gasteiger partial charge in [0.2, 0.25) is 0 Å². The molecule has 0 aliphatic carbocycles. The van der Waals surface area contributed by atoms with Gasteiger partial charge in [-0.05, 0) is 38.4 Å². The summed E-state index contributed by atoms with van der Waals surface area (Å²) in [6, 6.07) is 11.2. The Morgan fingerprint density at radius 1 is 0.935 bits per heavy atom. The van der Waals surface area contributed by atoms with Gasteiger partial charge in [-0.1, -0.05) is 45.2 Å². The van der Waals surface area contributed by atoms with Gasteiger partial charge in [-0.2, -0.15) is 0 Å². The Balaban J connectivity index is 0.00000480. The van der Waals surface area contributed by atoms with Crippen molar-refractivity contribution in [1.29, 1.82) is 0 Å². The monoisotopic (exact) mass is 439 g/mol. The summed E-state index contributed by atoms with van der Waals surface area (Å²) in [6.07, 6.45) is 4.78. The molecule has 0 aliphatic heterocycles. The van der Waals surface area contributed by atoms with Crippen molar-refractivity contribution < 1.29 is 42.6 Å². The average Bonchev–Trinajstić information content (AvgIpc) is 2.79. The average molecular weight is 439 g/mol. The van der Waals surface area contributed by atoms with E-state index in [-0.39, 0.29) is 33.0 Å². The molecule has 0 N–H and O–H groups in total. The number of carbonyl (C=O) groups is 1. The summed E-state index contributed by atoms with van der Waals surface area (Å²) < 4.78 is 22.0. The molecule has 2 aromatic carbocycles. The van der Waals surface area contributed by atoms with Crippen LogP contribution in [-0.4, -0.2) is 33.5 Å². The molecule has 2 unspecified atom stereocenters. The zero-order valence-electron chi connectivity index (χ0n) is 19.6. The topological polar surface area (TPSA) is 54.0 Å². The van der Waals surface area contributed by atoms with E-state index in [2.05, 4.69) is 13.8 Å². The first kappa shape index (κ1) is 27.4. The number of rotatable bonds is 13. The second kappa shape index (κ2) is 14.4. The first-order chi connectivity index (χ1) is 14.6. The van der Waals surface area contributed by atoms with E-state index in [0.29, 0.717) is 28.7 Å².